The van der Waals surface area contributed by atoms with Crippen molar-refractivity contribution in [2.75, 3.05) is 13.2 Å². The van der Waals surface area contributed by atoms with Crippen LogP contribution in [-0.4, -0.2) is 22.8 Å². The van der Waals surface area contributed by atoms with Crippen molar-refractivity contribution in [2.45, 2.75) is 32.7 Å². The molecule has 0 amide bonds. The van der Waals surface area contributed by atoms with Crippen LogP contribution < -0.4 is 0 Å². The number of hydrogen-bond acceptors (Lipinski definition) is 2. The van der Waals surface area contributed by atoms with Gasteiger partial charge >= 0.3 is 0 Å². The first kappa shape index (κ1) is 14.2. The van der Waals surface area contributed by atoms with Crippen molar-refractivity contribution in [3.05, 3.63) is 28.8 Å². The minimum Gasteiger partial charge on any atom is -0.381 e. The van der Waals surface area contributed by atoms with E-state index in [1.54, 1.807) is 6.07 Å². The third kappa shape index (κ3) is 3.64. The van der Waals surface area contributed by atoms with Crippen molar-refractivity contribution in [1.82, 2.24) is 9.55 Å². The van der Waals surface area contributed by atoms with Gasteiger partial charge in [-0.3, -0.25) is 0 Å². The van der Waals surface area contributed by atoms with E-state index in [4.69, 9.17) is 17.0 Å². The minimum atomic E-state index is -0.241. The number of ether oxygens (including phenoxy) is 1. The van der Waals surface area contributed by atoms with Crippen molar-refractivity contribution in [1.29, 1.82) is 0 Å². The number of halogens is 1. The maximum Gasteiger partial charge on any atom is 0.178 e. The molecule has 1 N–H and O–H groups in total. The van der Waals surface area contributed by atoms with Gasteiger partial charge in [0.1, 0.15) is 5.82 Å². The van der Waals surface area contributed by atoms with Crippen molar-refractivity contribution in [3.63, 3.8) is 0 Å². The zero-order valence-corrected chi connectivity index (χ0v) is 11.9. The van der Waals surface area contributed by atoms with Gasteiger partial charge in [-0.1, -0.05) is 13.3 Å². The molecule has 1 aromatic carbocycles. The molecule has 104 valence electrons. The molecule has 0 radical (unpaired) electrons. The zero-order chi connectivity index (χ0) is 13.7. The van der Waals surface area contributed by atoms with E-state index < -0.39 is 0 Å². The number of rotatable bonds is 7. The van der Waals surface area contributed by atoms with Crippen LogP contribution in [-0.2, 0) is 11.3 Å². The first-order valence-electron chi connectivity index (χ1n) is 6.68. The average molecular weight is 282 g/mol. The molecule has 1 aromatic heterocycles. The van der Waals surface area contributed by atoms with E-state index >= 15 is 0 Å². The summed E-state index contributed by atoms with van der Waals surface area (Å²) in [5.74, 6) is -0.241. The summed E-state index contributed by atoms with van der Waals surface area (Å²) in [6.45, 7) is 4.41. The molecule has 3 nitrogen and oxygen atoms in total. The van der Waals surface area contributed by atoms with Crippen LogP contribution in [0.4, 0.5) is 4.39 Å². The Morgan fingerprint density at radius 1 is 1.32 bits per heavy atom. The molecular formula is C14H19FN2OS. The molecule has 0 aliphatic carbocycles. The summed E-state index contributed by atoms with van der Waals surface area (Å²) in [6, 6.07) is 4.67. The Kier molecular flexibility index (Phi) is 5.10. The van der Waals surface area contributed by atoms with Gasteiger partial charge in [-0.15, -0.1) is 0 Å². The van der Waals surface area contributed by atoms with Crippen LogP contribution in [0.3, 0.4) is 0 Å². The van der Waals surface area contributed by atoms with E-state index in [2.05, 4.69) is 11.9 Å². The lowest BCUT2D eigenvalue weighted by Gasteiger charge is -2.05. The molecule has 5 heteroatoms. The maximum absolute atomic E-state index is 13.3. The molecule has 2 rings (SSSR count). The van der Waals surface area contributed by atoms with E-state index in [0.29, 0.717) is 11.4 Å². The second-order valence-corrected chi connectivity index (χ2v) is 4.95. The van der Waals surface area contributed by atoms with Crippen LogP contribution >= 0.6 is 12.2 Å². The van der Waals surface area contributed by atoms with Gasteiger partial charge in [-0.2, -0.15) is 0 Å². The molecule has 0 unspecified atom stereocenters. The summed E-state index contributed by atoms with van der Waals surface area (Å²) >= 11 is 5.26. The summed E-state index contributed by atoms with van der Waals surface area (Å²) in [5, 5.41) is 0. The van der Waals surface area contributed by atoms with E-state index in [-0.39, 0.29) is 5.82 Å². The predicted molar refractivity (Wildman–Crippen MR) is 77.4 cm³/mol. The number of unbranched alkanes of at least 4 members (excludes halogenated alkanes) is 1. The fourth-order valence-corrected chi connectivity index (χ4v) is 2.32. The van der Waals surface area contributed by atoms with Crippen LogP contribution in [0.5, 0.6) is 0 Å². The van der Waals surface area contributed by atoms with E-state index in [0.717, 1.165) is 43.4 Å². The van der Waals surface area contributed by atoms with E-state index in [1.807, 2.05) is 4.57 Å². The highest BCUT2D eigenvalue weighted by Crippen LogP contribution is 2.16. The van der Waals surface area contributed by atoms with Gasteiger partial charge in [0.05, 0.1) is 11.0 Å². The zero-order valence-electron chi connectivity index (χ0n) is 11.1. The summed E-state index contributed by atoms with van der Waals surface area (Å²) in [4.78, 5) is 3.09. The normalized spacial score (nSPS) is 11.3. The highest BCUT2D eigenvalue weighted by atomic mass is 32.1. The molecule has 0 atom stereocenters. The van der Waals surface area contributed by atoms with Crippen LogP contribution in [0.15, 0.2) is 18.2 Å². The molecule has 0 saturated carbocycles. The molecule has 0 fully saturated rings. The number of aromatic amines is 1. The quantitative estimate of drug-likeness (QED) is 0.613. The van der Waals surface area contributed by atoms with Gasteiger partial charge in [0.25, 0.3) is 0 Å². The maximum atomic E-state index is 13.3. The second kappa shape index (κ2) is 6.82. The Morgan fingerprint density at radius 2 is 2.11 bits per heavy atom. The van der Waals surface area contributed by atoms with Crippen molar-refractivity contribution >= 4 is 23.3 Å². The number of H-pyrrole nitrogens is 1. The Labute approximate surface area is 117 Å². The molecule has 2 aromatic rings. The van der Waals surface area contributed by atoms with Gasteiger partial charge in [-0.05, 0) is 43.3 Å². The molecule has 0 saturated heterocycles. The molecule has 0 bridgehead atoms. The van der Waals surface area contributed by atoms with Gasteiger partial charge in [0.15, 0.2) is 4.77 Å². The van der Waals surface area contributed by atoms with Crippen molar-refractivity contribution in [2.24, 2.45) is 0 Å². The number of aryl methyl sites for hydroxylation is 1. The van der Waals surface area contributed by atoms with Gasteiger partial charge in [0, 0.05) is 19.8 Å². The van der Waals surface area contributed by atoms with Gasteiger partial charge < -0.3 is 14.3 Å². The first-order chi connectivity index (χ1) is 9.22. The lowest BCUT2D eigenvalue weighted by molar-refractivity contribution is 0.126. The molecule has 19 heavy (non-hydrogen) atoms. The largest absolute Gasteiger partial charge is 0.381 e. The van der Waals surface area contributed by atoms with Crippen LogP contribution in [0.25, 0.3) is 11.0 Å². The van der Waals surface area contributed by atoms with Crippen LogP contribution in [0.1, 0.15) is 26.2 Å². The number of fused-ring (bicyclic) bond motifs is 1. The monoisotopic (exact) mass is 282 g/mol. The topological polar surface area (TPSA) is 29.9 Å². The lowest BCUT2D eigenvalue weighted by Crippen LogP contribution is -2.03. The fraction of sp³-hybridized carbons (Fsp3) is 0.500. The van der Waals surface area contributed by atoms with Crippen LogP contribution in [0, 0.1) is 10.6 Å². The number of hydrogen-bond donors (Lipinski definition) is 1. The third-order valence-electron chi connectivity index (χ3n) is 3.05. The highest BCUT2D eigenvalue weighted by Gasteiger charge is 2.05. The first-order valence-corrected chi connectivity index (χ1v) is 7.09. The molecule has 0 aliphatic rings. The number of nitrogens with one attached hydrogen (secondary N) is 1. The van der Waals surface area contributed by atoms with E-state index in [9.17, 15) is 4.39 Å². The Hall–Kier alpha value is -1.20. The summed E-state index contributed by atoms with van der Waals surface area (Å²) in [6.07, 6.45) is 3.12. The van der Waals surface area contributed by atoms with Crippen molar-refractivity contribution in [3.8, 4) is 0 Å². The summed E-state index contributed by atoms with van der Waals surface area (Å²) in [7, 11) is 0. The SMILES string of the molecule is CCCCOCCCn1c(=S)[nH]c2ccc(F)cc21. The van der Waals surface area contributed by atoms with Gasteiger partial charge in [-0.25, -0.2) is 4.39 Å². The molecule has 0 spiro atoms. The molecule has 0 aliphatic heterocycles. The highest BCUT2D eigenvalue weighted by molar-refractivity contribution is 7.71. The lowest BCUT2D eigenvalue weighted by atomic mass is 10.3. The number of imidazole rings is 1. The Balaban J connectivity index is 1.98. The molecular weight excluding hydrogens is 263 g/mol. The van der Waals surface area contributed by atoms with E-state index in [1.165, 1.54) is 12.1 Å². The molecule has 1 heterocycles. The Morgan fingerprint density at radius 3 is 2.89 bits per heavy atom. The van der Waals surface area contributed by atoms with Gasteiger partial charge in [0.2, 0.25) is 0 Å². The van der Waals surface area contributed by atoms with Crippen LogP contribution in [0.2, 0.25) is 0 Å². The smallest absolute Gasteiger partial charge is 0.178 e. The Bertz CT molecular complexity index is 591. The number of nitrogens with zero attached hydrogens (tertiary/aromatic N) is 1. The fourth-order valence-electron chi connectivity index (χ4n) is 2.02. The second-order valence-electron chi connectivity index (χ2n) is 4.56. The number of benzene rings is 1. The average Bonchev–Trinajstić information content (AvgIpc) is 2.69. The van der Waals surface area contributed by atoms with Crippen molar-refractivity contribution < 1.29 is 9.13 Å². The predicted octanol–water partition coefficient (Wildman–Crippen LogP) is 4.04. The summed E-state index contributed by atoms with van der Waals surface area (Å²) in [5.41, 5.74) is 1.69. The summed E-state index contributed by atoms with van der Waals surface area (Å²) < 4.78 is 21.3. The number of aromatic nitrogens is 2. The third-order valence-corrected chi connectivity index (χ3v) is 3.37. The minimum absolute atomic E-state index is 0.241. The standard InChI is InChI=1S/C14H19FN2OS/c1-2-3-8-18-9-4-7-17-13-10-11(15)5-6-12(13)16-14(17)19/h5-6,10H,2-4,7-9H2,1H3,(H,16,19).